The molecule has 2 aromatic heterocycles. The van der Waals surface area contributed by atoms with Crippen LogP contribution in [0.5, 0.6) is 0 Å². The zero-order chi connectivity index (χ0) is 24.3. The molecule has 3 heteroatoms. The van der Waals surface area contributed by atoms with Gasteiger partial charge in [-0.15, -0.1) is 22.7 Å². The molecule has 37 heavy (non-hydrogen) atoms. The van der Waals surface area contributed by atoms with E-state index in [0.29, 0.717) is 0 Å². The summed E-state index contributed by atoms with van der Waals surface area (Å²) in [7, 11) is 0. The lowest BCUT2D eigenvalue weighted by Crippen LogP contribution is -2.10. The first-order valence-electron chi connectivity index (χ1n) is 12.4. The zero-order valence-corrected chi connectivity index (χ0v) is 21.5. The first-order chi connectivity index (χ1) is 18.3. The van der Waals surface area contributed by atoms with Gasteiger partial charge < -0.3 is 4.90 Å². The van der Waals surface area contributed by atoms with Crippen LogP contribution in [0, 0.1) is 0 Å². The predicted molar refractivity (Wildman–Crippen MR) is 164 cm³/mol. The van der Waals surface area contributed by atoms with Crippen molar-refractivity contribution < 1.29 is 0 Å². The molecule has 2 heterocycles. The lowest BCUT2D eigenvalue weighted by atomic mass is 10.0. The van der Waals surface area contributed by atoms with Crippen LogP contribution in [0.15, 0.2) is 127 Å². The molecule has 8 aromatic rings. The highest BCUT2D eigenvalue weighted by atomic mass is 32.1. The molecule has 6 aromatic carbocycles. The topological polar surface area (TPSA) is 3.24 Å². The van der Waals surface area contributed by atoms with Crippen molar-refractivity contribution in [2.75, 3.05) is 4.90 Å². The molecule has 0 unspecified atom stereocenters. The molecule has 174 valence electrons. The van der Waals surface area contributed by atoms with Crippen LogP contribution in [0.1, 0.15) is 0 Å². The molecule has 0 saturated heterocycles. The number of rotatable bonds is 3. The van der Waals surface area contributed by atoms with Gasteiger partial charge in [0.05, 0.1) is 16.1 Å². The molecule has 0 aliphatic carbocycles. The maximum Gasteiger partial charge on any atom is 0.0640 e. The normalized spacial score (nSPS) is 11.8. The number of para-hydroxylation sites is 1. The number of hydrogen-bond acceptors (Lipinski definition) is 3. The summed E-state index contributed by atoms with van der Waals surface area (Å²) < 4.78 is 5.31. The third-order valence-corrected chi connectivity index (χ3v) is 9.58. The van der Waals surface area contributed by atoms with Gasteiger partial charge in [-0.3, -0.25) is 0 Å². The Hall–Kier alpha value is -4.18. The number of anilines is 3. The minimum atomic E-state index is 1.16. The van der Waals surface area contributed by atoms with Gasteiger partial charge in [-0.2, -0.15) is 0 Å². The molecule has 0 N–H and O–H groups in total. The molecule has 0 aliphatic rings. The molecule has 0 fully saturated rings. The molecule has 0 spiro atoms. The van der Waals surface area contributed by atoms with E-state index < -0.39 is 0 Å². The summed E-state index contributed by atoms with van der Waals surface area (Å²) in [5.74, 6) is 0. The Bertz CT molecular complexity index is 2100. The minimum Gasteiger partial charge on any atom is -0.308 e. The van der Waals surface area contributed by atoms with Crippen LogP contribution in [0.2, 0.25) is 0 Å². The zero-order valence-electron chi connectivity index (χ0n) is 19.9. The lowest BCUT2D eigenvalue weighted by molar-refractivity contribution is 1.32. The van der Waals surface area contributed by atoms with E-state index in [4.69, 9.17) is 0 Å². The number of benzene rings is 6. The summed E-state index contributed by atoms with van der Waals surface area (Å²) in [6.07, 6.45) is 0. The lowest BCUT2D eigenvalue weighted by Gasteiger charge is -2.27. The van der Waals surface area contributed by atoms with Gasteiger partial charge in [0.1, 0.15) is 0 Å². The molecular formula is C34H21NS2. The van der Waals surface area contributed by atoms with E-state index in [0.717, 1.165) is 5.69 Å². The van der Waals surface area contributed by atoms with Crippen LogP contribution in [-0.2, 0) is 0 Å². The largest absolute Gasteiger partial charge is 0.308 e. The summed E-state index contributed by atoms with van der Waals surface area (Å²) in [6.45, 7) is 0. The van der Waals surface area contributed by atoms with Gasteiger partial charge >= 0.3 is 0 Å². The van der Waals surface area contributed by atoms with Crippen molar-refractivity contribution in [2.45, 2.75) is 0 Å². The minimum absolute atomic E-state index is 1.16. The van der Waals surface area contributed by atoms with Crippen LogP contribution in [0.25, 0.3) is 51.1 Å². The standard InChI is InChI=1S/C34H21NS2/c1-2-11-23(12-3-1)35(30-17-9-15-26-24-13-4-7-19-32(24)37-34(26)30)29-16-8-10-22-20-33-28(21-27(22)29)25-14-5-6-18-31(25)36-33/h1-21H. The first-order valence-corrected chi connectivity index (χ1v) is 14.1. The molecular weight excluding hydrogens is 487 g/mol. The fourth-order valence-corrected chi connectivity index (χ4v) is 7.91. The van der Waals surface area contributed by atoms with E-state index >= 15 is 0 Å². The average molecular weight is 508 g/mol. The van der Waals surface area contributed by atoms with Gasteiger partial charge in [-0.1, -0.05) is 78.9 Å². The third kappa shape index (κ3) is 3.21. The second-order valence-electron chi connectivity index (χ2n) is 9.37. The molecule has 0 bridgehead atoms. The van der Waals surface area contributed by atoms with E-state index in [1.165, 1.54) is 62.5 Å². The highest BCUT2D eigenvalue weighted by molar-refractivity contribution is 7.26. The number of thiophene rings is 2. The molecule has 0 radical (unpaired) electrons. The summed E-state index contributed by atoms with van der Waals surface area (Å²) in [6, 6.07) is 46.4. The van der Waals surface area contributed by atoms with E-state index in [2.05, 4.69) is 132 Å². The number of nitrogens with zero attached hydrogens (tertiary/aromatic N) is 1. The van der Waals surface area contributed by atoms with Gasteiger partial charge in [-0.25, -0.2) is 0 Å². The van der Waals surface area contributed by atoms with E-state index in [9.17, 15) is 0 Å². The predicted octanol–water partition coefficient (Wildman–Crippen LogP) is 11.0. The quantitative estimate of drug-likeness (QED) is 0.230. The first kappa shape index (κ1) is 21.0. The Morgan fingerprint density at radius 3 is 1.89 bits per heavy atom. The Morgan fingerprint density at radius 1 is 0.405 bits per heavy atom. The smallest absolute Gasteiger partial charge is 0.0640 e. The van der Waals surface area contributed by atoms with Gasteiger partial charge in [0.2, 0.25) is 0 Å². The van der Waals surface area contributed by atoms with Crippen molar-refractivity contribution in [2.24, 2.45) is 0 Å². The van der Waals surface area contributed by atoms with Crippen molar-refractivity contribution >= 4 is 90.9 Å². The Labute approximate surface area is 222 Å². The molecule has 1 nitrogen and oxygen atoms in total. The van der Waals surface area contributed by atoms with Crippen LogP contribution in [-0.4, -0.2) is 0 Å². The molecule has 8 rings (SSSR count). The summed E-state index contributed by atoms with van der Waals surface area (Å²) in [5, 5.41) is 7.82. The van der Waals surface area contributed by atoms with Gasteiger partial charge in [0, 0.05) is 46.7 Å². The molecule has 0 aliphatic heterocycles. The third-order valence-electron chi connectivity index (χ3n) is 7.23. The molecule has 0 atom stereocenters. The number of hydrogen-bond donors (Lipinski definition) is 0. The highest BCUT2D eigenvalue weighted by Crippen LogP contribution is 2.47. The van der Waals surface area contributed by atoms with Gasteiger partial charge in [0.15, 0.2) is 0 Å². The van der Waals surface area contributed by atoms with Gasteiger partial charge in [-0.05, 0) is 53.9 Å². The van der Waals surface area contributed by atoms with E-state index in [1.807, 2.05) is 22.7 Å². The number of fused-ring (bicyclic) bond motifs is 7. The second kappa shape index (κ2) is 8.17. The summed E-state index contributed by atoms with van der Waals surface area (Å²) in [5.41, 5.74) is 3.58. The fraction of sp³-hybridized carbons (Fsp3) is 0. The molecule has 0 saturated carbocycles. The maximum atomic E-state index is 2.44. The highest BCUT2D eigenvalue weighted by Gasteiger charge is 2.20. The maximum absolute atomic E-state index is 2.44. The SMILES string of the molecule is c1ccc(N(c2cccc3cc4sc5ccccc5c4cc23)c2cccc3c2sc2ccccc23)cc1. The Balaban J connectivity index is 1.47. The molecule has 0 amide bonds. The van der Waals surface area contributed by atoms with Crippen molar-refractivity contribution in [1.82, 2.24) is 0 Å². The Morgan fingerprint density at radius 2 is 1.05 bits per heavy atom. The van der Waals surface area contributed by atoms with Crippen molar-refractivity contribution in [3.05, 3.63) is 127 Å². The Kier molecular flexibility index (Phi) is 4.63. The van der Waals surface area contributed by atoms with Crippen molar-refractivity contribution in [3.63, 3.8) is 0 Å². The van der Waals surface area contributed by atoms with Crippen LogP contribution in [0.3, 0.4) is 0 Å². The summed E-state index contributed by atoms with van der Waals surface area (Å²) in [4.78, 5) is 2.44. The fourth-order valence-electron chi connectivity index (χ4n) is 5.57. The summed E-state index contributed by atoms with van der Waals surface area (Å²) >= 11 is 3.75. The average Bonchev–Trinajstić information content (AvgIpc) is 3.51. The van der Waals surface area contributed by atoms with E-state index in [1.54, 1.807) is 0 Å². The van der Waals surface area contributed by atoms with Crippen molar-refractivity contribution in [1.29, 1.82) is 0 Å². The van der Waals surface area contributed by atoms with Crippen LogP contribution >= 0.6 is 22.7 Å². The monoisotopic (exact) mass is 507 g/mol. The van der Waals surface area contributed by atoms with E-state index in [-0.39, 0.29) is 0 Å². The van der Waals surface area contributed by atoms with Crippen LogP contribution < -0.4 is 4.90 Å². The van der Waals surface area contributed by atoms with Crippen molar-refractivity contribution in [3.8, 4) is 0 Å². The van der Waals surface area contributed by atoms with Crippen LogP contribution in [0.4, 0.5) is 17.1 Å². The second-order valence-corrected chi connectivity index (χ2v) is 11.5. The van der Waals surface area contributed by atoms with Gasteiger partial charge in [0.25, 0.3) is 0 Å².